The Morgan fingerprint density at radius 3 is 1.75 bits per heavy atom. The lowest BCUT2D eigenvalue weighted by Gasteiger charge is -2.11. The summed E-state index contributed by atoms with van der Waals surface area (Å²) < 4.78 is 12.8. The van der Waals surface area contributed by atoms with Crippen LogP contribution in [0, 0.1) is 0 Å². The predicted molar refractivity (Wildman–Crippen MR) is 211 cm³/mol. The smallest absolute Gasteiger partial charge is 0.164 e. The topological polar surface area (TPSA) is 65.0 Å². The number of fused-ring (bicyclic) bond motifs is 9. The van der Waals surface area contributed by atoms with Crippen molar-refractivity contribution in [2.45, 2.75) is 0 Å². The molecule has 11 aromatic rings. The molecule has 0 fully saturated rings. The molecule has 0 spiro atoms. The summed E-state index contributed by atoms with van der Waals surface area (Å²) in [5.41, 5.74) is 8.10. The van der Waals surface area contributed by atoms with E-state index >= 15 is 0 Å². The Hall–Kier alpha value is -7.11. The molecule has 0 radical (unpaired) electrons. The zero-order valence-electron chi connectivity index (χ0n) is 27.7. The number of hydrogen-bond donors (Lipinski definition) is 0. The van der Waals surface area contributed by atoms with Crippen molar-refractivity contribution in [2.24, 2.45) is 0 Å². The van der Waals surface area contributed by atoms with Crippen molar-refractivity contribution in [3.63, 3.8) is 0 Å². The average Bonchev–Trinajstić information content (AvgIpc) is 3.79. The molecule has 0 aliphatic heterocycles. The average molecular weight is 666 g/mol. The summed E-state index contributed by atoms with van der Waals surface area (Å²) >= 11 is 0. The zero-order chi connectivity index (χ0) is 34.2. The van der Waals surface area contributed by atoms with Gasteiger partial charge in [-0.1, -0.05) is 127 Å². The molecule has 0 atom stereocenters. The first-order chi connectivity index (χ1) is 25.7. The summed E-state index contributed by atoms with van der Waals surface area (Å²) in [7, 11) is 0. The molecule has 52 heavy (non-hydrogen) atoms. The molecule has 0 aliphatic rings. The van der Waals surface area contributed by atoms with E-state index in [1.807, 2.05) is 72.8 Å². The SMILES string of the molecule is c1ccc(-c2nc(-c3ccc4c(ccc5ccccc54)c3)nc(-c3cccc4oc5cccc(-c6ccc7c(c6)oc6ccccc67)c5c34)n2)cc1. The first-order valence-electron chi connectivity index (χ1n) is 17.3. The molecule has 242 valence electrons. The van der Waals surface area contributed by atoms with E-state index in [0.717, 1.165) is 77.1 Å². The fourth-order valence-electron chi connectivity index (χ4n) is 7.68. The largest absolute Gasteiger partial charge is 0.456 e. The highest BCUT2D eigenvalue weighted by Crippen LogP contribution is 2.42. The lowest BCUT2D eigenvalue weighted by atomic mass is 9.96. The van der Waals surface area contributed by atoms with E-state index in [0.29, 0.717) is 17.5 Å². The fraction of sp³-hybridized carbons (Fsp3) is 0. The van der Waals surface area contributed by atoms with Gasteiger partial charge in [-0.3, -0.25) is 0 Å². The highest BCUT2D eigenvalue weighted by Gasteiger charge is 2.21. The predicted octanol–water partition coefficient (Wildman–Crippen LogP) is 12.6. The summed E-state index contributed by atoms with van der Waals surface area (Å²) in [5, 5.41) is 8.94. The highest BCUT2D eigenvalue weighted by atomic mass is 16.3. The van der Waals surface area contributed by atoms with Gasteiger partial charge in [0.15, 0.2) is 17.5 Å². The Kier molecular flexibility index (Phi) is 6.18. The van der Waals surface area contributed by atoms with Crippen molar-refractivity contribution in [3.8, 4) is 45.3 Å². The number of rotatable bonds is 4. The van der Waals surface area contributed by atoms with E-state index in [-0.39, 0.29) is 0 Å². The number of para-hydroxylation sites is 1. The lowest BCUT2D eigenvalue weighted by Crippen LogP contribution is -2.00. The third-order valence-corrected chi connectivity index (χ3v) is 10.1. The lowest BCUT2D eigenvalue weighted by molar-refractivity contribution is 0.668. The highest BCUT2D eigenvalue weighted by molar-refractivity contribution is 6.18. The first kappa shape index (κ1) is 28.7. The van der Waals surface area contributed by atoms with Crippen LogP contribution in [0.2, 0.25) is 0 Å². The van der Waals surface area contributed by atoms with E-state index in [1.54, 1.807) is 0 Å². The Balaban J connectivity index is 1.14. The molecule has 0 bridgehead atoms. The van der Waals surface area contributed by atoms with Crippen LogP contribution in [0.15, 0.2) is 173 Å². The van der Waals surface area contributed by atoms with Crippen molar-refractivity contribution in [2.75, 3.05) is 0 Å². The van der Waals surface area contributed by atoms with Crippen LogP contribution in [0.3, 0.4) is 0 Å². The molecule has 3 heterocycles. The van der Waals surface area contributed by atoms with Gasteiger partial charge in [-0.25, -0.2) is 15.0 Å². The summed E-state index contributed by atoms with van der Waals surface area (Å²) in [6.07, 6.45) is 0. The van der Waals surface area contributed by atoms with E-state index in [9.17, 15) is 0 Å². The molecule has 0 saturated carbocycles. The Bertz CT molecular complexity index is 3190. The van der Waals surface area contributed by atoms with Crippen molar-refractivity contribution in [3.05, 3.63) is 164 Å². The second-order valence-electron chi connectivity index (χ2n) is 13.2. The van der Waals surface area contributed by atoms with Crippen LogP contribution in [0.5, 0.6) is 0 Å². The van der Waals surface area contributed by atoms with E-state index in [1.165, 1.54) is 16.2 Å². The molecular formula is C47H27N3O2. The van der Waals surface area contributed by atoms with Crippen LogP contribution in [0.25, 0.3) is 111 Å². The molecule has 3 aromatic heterocycles. The second kappa shape index (κ2) is 11.2. The minimum Gasteiger partial charge on any atom is -0.456 e. The number of benzene rings is 8. The van der Waals surface area contributed by atoms with E-state index in [4.69, 9.17) is 23.8 Å². The van der Waals surface area contributed by atoms with Gasteiger partial charge in [0.2, 0.25) is 0 Å². The number of hydrogen-bond acceptors (Lipinski definition) is 5. The van der Waals surface area contributed by atoms with Gasteiger partial charge in [0, 0.05) is 38.2 Å². The van der Waals surface area contributed by atoms with E-state index in [2.05, 4.69) is 91.0 Å². The maximum atomic E-state index is 6.53. The summed E-state index contributed by atoms with van der Waals surface area (Å²) in [6, 6.07) is 56.3. The molecule has 5 nitrogen and oxygen atoms in total. The van der Waals surface area contributed by atoms with Crippen LogP contribution >= 0.6 is 0 Å². The van der Waals surface area contributed by atoms with Crippen LogP contribution in [0.4, 0.5) is 0 Å². The van der Waals surface area contributed by atoms with Crippen LogP contribution < -0.4 is 0 Å². The van der Waals surface area contributed by atoms with Gasteiger partial charge in [-0.2, -0.15) is 0 Å². The molecular weight excluding hydrogens is 639 g/mol. The van der Waals surface area contributed by atoms with Gasteiger partial charge in [-0.15, -0.1) is 0 Å². The Morgan fingerprint density at radius 1 is 0.308 bits per heavy atom. The number of nitrogens with zero attached hydrogens (tertiary/aromatic N) is 3. The maximum Gasteiger partial charge on any atom is 0.164 e. The van der Waals surface area contributed by atoms with Gasteiger partial charge in [0.1, 0.15) is 22.3 Å². The summed E-state index contributed by atoms with van der Waals surface area (Å²) in [5.74, 6) is 1.80. The van der Waals surface area contributed by atoms with Crippen molar-refractivity contribution < 1.29 is 8.83 Å². The fourth-order valence-corrected chi connectivity index (χ4v) is 7.68. The Morgan fingerprint density at radius 2 is 0.885 bits per heavy atom. The zero-order valence-corrected chi connectivity index (χ0v) is 27.7. The number of aromatic nitrogens is 3. The van der Waals surface area contributed by atoms with Gasteiger partial charge in [0.25, 0.3) is 0 Å². The maximum absolute atomic E-state index is 6.53. The molecule has 0 aliphatic carbocycles. The number of furan rings is 2. The second-order valence-corrected chi connectivity index (χ2v) is 13.2. The molecule has 0 amide bonds. The summed E-state index contributed by atoms with van der Waals surface area (Å²) in [6.45, 7) is 0. The van der Waals surface area contributed by atoms with Crippen LogP contribution in [0.1, 0.15) is 0 Å². The normalized spacial score (nSPS) is 11.8. The minimum absolute atomic E-state index is 0.582. The quantitative estimate of drug-likeness (QED) is 0.175. The molecule has 0 N–H and O–H groups in total. The molecule has 0 saturated heterocycles. The first-order valence-corrected chi connectivity index (χ1v) is 17.3. The Labute approximate surface area is 297 Å². The monoisotopic (exact) mass is 665 g/mol. The van der Waals surface area contributed by atoms with Crippen molar-refractivity contribution in [1.82, 2.24) is 15.0 Å². The van der Waals surface area contributed by atoms with Gasteiger partial charge in [0.05, 0.1) is 0 Å². The molecule has 8 aromatic carbocycles. The van der Waals surface area contributed by atoms with Gasteiger partial charge >= 0.3 is 0 Å². The summed E-state index contributed by atoms with van der Waals surface area (Å²) in [4.78, 5) is 15.4. The standard InChI is InChI=1S/C47H27N3O2/c1-2-11-29(12-3-1)45-48-46(32-23-24-34-30(26-32)21-20-28-10-4-5-13-33(28)34)50-47(49-45)38-16-9-19-41-44(38)43-35(15-8-18-40(43)52-41)31-22-25-37-36-14-6-7-17-39(36)51-42(37)27-31/h1-27H. The minimum atomic E-state index is 0.582. The van der Waals surface area contributed by atoms with Gasteiger partial charge in [-0.05, 0) is 69.1 Å². The molecule has 0 unspecified atom stereocenters. The third-order valence-electron chi connectivity index (χ3n) is 10.1. The van der Waals surface area contributed by atoms with Crippen LogP contribution in [-0.4, -0.2) is 15.0 Å². The van der Waals surface area contributed by atoms with Crippen LogP contribution in [-0.2, 0) is 0 Å². The molecule has 5 heteroatoms. The molecule has 11 rings (SSSR count). The van der Waals surface area contributed by atoms with Gasteiger partial charge < -0.3 is 8.83 Å². The van der Waals surface area contributed by atoms with Crippen molar-refractivity contribution >= 4 is 65.4 Å². The third kappa shape index (κ3) is 4.46. The van der Waals surface area contributed by atoms with E-state index < -0.39 is 0 Å². The van der Waals surface area contributed by atoms with Crippen molar-refractivity contribution in [1.29, 1.82) is 0 Å².